The number of rotatable bonds is 21. The maximum absolute atomic E-state index is 15.3. The molecule has 23 nitrogen and oxygen atoms in total. The fourth-order valence-electron chi connectivity index (χ4n) is 8.75. The van der Waals surface area contributed by atoms with Gasteiger partial charge in [0.25, 0.3) is 5.91 Å². The van der Waals surface area contributed by atoms with Crippen LogP contribution in [0.3, 0.4) is 0 Å². The number of alkyl carbamates (subject to hydrolysis) is 3. The summed E-state index contributed by atoms with van der Waals surface area (Å²) in [6, 6.07) is 18.6. The van der Waals surface area contributed by atoms with Gasteiger partial charge in [0, 0.05) is 36.7 Å². The molecule has 0 saturated carbocycles. The summed E-state index contributed by atoms with van der Waals surface area (Å²) >= 11 is 0. The Morgan fingerprint density at radius 3 is 1.70 bits per heavy atom. The second kappa shape index (κ2) is 30.8. The molecule has 0 saturated heterocycles. The minimum absolute atomic E-state index is 0.0132. The molecule has 1 aliphatic heterocycles. The van der Waals surface area contributed by atoms with Gasteiger partial charge in [0.1, 0.15) is 71.4 Å². The summed E-state index contributed by atoms with van der Waals surface area (Å²) in [5.74, 6) is -4.41. The molecule has 4 aromatic rings. The average Bonchev–Trinajstić information content (AvgIpc) is 1.21. The predicted octanol–water partition coefficient (Wildman–Crippen LogP) is 7.48. The first-order chi connectivity index (χ1) is 40.8. The van der Waals surface area contributed by atoms with E-state index < -0.39 is 100 Å². The largest absolute Gasteiger partial charge is 0.491 e. The first kappa shape index (κ1) is 68.6. The summed E-state index contributed by atoms with van der Waals surface area (Å²) in [4.78, 5) is 125. The number of aryl methyl sites for hydroxylation is 1. The number of hydrogen-bond acceptors (Lipinski definition) is 15. The van der Waals surface area contributed by atoms with Gasteiger partial charge in [0.15, 0.2) is 0 Å². The molecule has 470 valence electrons. The Hall–Kier alpha value is -9.15. The van der Waals surface area contributed by atoms with Gasteiger partial charge in [-0.3, -0.25) is 24.0 Å². The van der Waals surface area contributed by atoms with Gasteiger partial charge in [0.05, 0.1) is 19.7 Å². The van der Waals surface area contributed by atoms with Crippen molar-refractivity contribution in [3.8, 4) is 33.8 Å². The molecule has 8 amide bonds. The molecule has 4 aromatic carbocycles. The monoisotopic (exact) mass is 1200 g/mol. The summed E-state index contributed by atoms with van der Waals surface area (Å²) in [7, 11) is 1.37. The first-order valence-electron chi connectivity index (χ1n) is 28.8. The van der Waals surface area contributed by atoms with Crippen LogP contribution in [0.1, 0.15) is 122 Å². The maximum Gasteiger partial charge on any atom is 0.407 e. The van der Waals surface area contributed by atoms with E-state index >= 15 is 9.59 Å². The molecule has 0 aromatic heterocycles. The third-order valence-corrected chi connectivity index (χ3v) is 12.8. The lowest BCUT2D eigenvalue weighted by atomic mass is 9.93. The van der Waals surface area contributed by atoms with Crippen molar-refractivity contribution in [3.63, 3.8) is 0 Å². The highest BCUT2D eigenvalue weighted by Gasteiger charge is 2.37. The van der Waals surface area contributed by atoms with E-state index in [1.54, 1.807) is 130 Å². The second-order valence-corrected chi connectivity index (χ2v) is 23.7. The number of nitrogens with one attached hydrogen (secondary N) is 7. The van der Waals surface area contributed by atoms with Gasteiger partial charge < -0.3 is 70.5 Å². The summed E-state index contributed by atoms with van der Waals surface area (Å²) in [6.45, 7) is 23.8. The van der Waals surface area contributed by atoms with Gasteiger partial charge in [0.2, 0.25) is 23.6 Å². The van der Waals surface area contributed by atoms with Crippen molar-refractivity contribution in [1.82, 2.24) is 42.1 Å². The third kappa shape index (κ3) is 22.0. The Kier molecular flexibility index (Phi) is 24.3. The van der Waals surface area contributed by atoms with E-state index in [-0.39, 0.29) is 86.9 Å². The van der Waals surface area contributed by atoms with Crippen LogP contribution in [0.2, 0.25) is 0 Å². The van der Waals surface area contributed by atoms with Crippen molar-refractivity contribution in [1.29, 1.82) is 0 Å². The van der Waals surface area contributed by atoms with Crippen LogP contribution in [0.25, 0.3) is 22.3 Å². The van der Waals surface area contributed by atoms with Gasteiger partial charge in [-0.15, -0.1) is 0 Å². The molecule has 4 bridgehead atoms. The topological polar surface area (TPSA) is 296 Å². The smallest absolute Gasteiger partial charge is 0.407 e. The van der Waals surface area contributed by atoms with E-state index in [1.807, 2.05) is 31.2 Å². The zero-order valence-electron chi connectivity index (χ0n) is 52.0. The Balaban J connectivity index is 1.65. The molecule has 4 atom stereocenters. The number of amides is 8. The third-order valence-electron chi connectivity index (χ3n) is 12.8. The van der Waals surface area contributed by atoms with Crippen molar-refractivity contribution < 1.29 is 71.6 Å². The molecule has 0 aliphatic carbocycles. The number of carbonyl (C=O) groups excluding carboxylic acids is 9. The van der Waals surface area contributed by atoms with Crippen molar-refractivity contribution in [2.75, 3.05) is 46.5 Å². The van der Waals surface area contributed by atoms with E-state index in [2.05, 4.69) is 43.8 Å². The highest BCUT2D eigenvalue weighted by molar-refractivity contribution is 6.00. The lowest BCUT2D eigenvalue weighted by Gasteiger charge is -2.33. The zero-order valence-corrected chi connectivity index (χ0v) is 52.0. The minimum Gasteiger partial charge on any atom is -0.491 e. The van der Waals surface area contributed by atoms with Gasteiger partial charge in [-0.25, -0.2) is 19.2 Å². The molecule has 23 heteroatoms. The van der Waals surface area contributed by atoms with Crippen LogP contribution in [0, 0.1) is 6.92 Å². The number of hydrogen-bond donors (Lipinski definition) is 7. The van der Waals surface area contributed by atoms with Gasteiger partial charge in [-0.1, -0.05) is 60.7 Å². The Morgan fingerprint density at radius 1 is 0.667 bits per heavy atom. The van der Waals surface area contributed by atoms with Crippen LogP contribution in [-0.2, 0) is 49.3 Å². The molecule has 0 unspecified atom stereocenters. The molecule has 7 N–H and O–H groups in total. The van der Waals surface area contributed by atoms with Gasteiger partial charge >= 0.3 is 24.2 Å². The Morgan fingerprint density at radius 2 is 1.17 bits per heavy atom. The molecule has 1 heterocycles. The van der Waals surface area contributed by atoms with Crippen LogP contribution in [-0.4, -0.2) is 140 Å². The van der Waals surface area contributed by atoms with Crippen molar-refractivity contribution in [2.45, 2.75) is 143 Å². The van der Waals surface area contributed by atoms with E-state index in [9.17, 15) is 33.6 Å². The van der Waals surface area contributed by atoms with Crippen LogP contribution in [0.4, 0.5) is 14.4 Å². The van der Waals surface area contributed by atoms with E-state index in [0.29, 0.717) is 11.1 Å². The molecule has 5 rings (SSSR count). The standard InChI is InChI=1S/C64H84N8O15/c1-15-82-58(78)40(4)69-55(75)49-36-41-20-28-50(83-33-31-66-60(80)86-63(8,9)10)46(35-41)47-37-45(27-29-51(47)84-34-32-67-61(81)87-64(11,12)13)52(56(76)68-39(3)53(73)71-49)72(14)57(77)48(17-16-30-65-59(79)85-62(5,6)7)70-54(74)44-25-23-43(24-26-44)42-21-18-38(2)19-22-42/h18-29,35,37,39,48-49,52H,4,15-17,30-34,36H2,1-3,5-14H3,(H,65,79)(H,66,80)(H,67,81)(H,68,76)(H,69,75)(H,70,74)(H,71,73)/t39-,48-,49-,52-/m0/s1. The van der Waals surface area contributed by atoms with Crippen molar-refractivity contribution >= 4 is 53.8 Å². The number of carbonyl (C=O) groups is 9. The maximum atomic E-state index is 15.3. The lowest BCUT2D eigenvalue weighted by Crippen LogP contribution is -2.56. The van der Waals surface area contributed by atoms with Crippen molar-refractivity contribution in [2.24, 2.45) is 0 Å². The van der Waals surface area contributed by atoms with E-state index in [0.717, 1.165) is 21.6 Å². The molecular weight excluding hydrogens is 1120 g/mol. The summed E-state index contributed by atoms with van der Waals surface area (Å²) < 4.78 is 34.0. The summed E-state index contributed by atoms with van der Waals surface area (Å²) in [5, 5.41) is 18.7. The SMILES string of the molecule is C=C(NC(=O)[C@@H]1Cc2ccc(OCCNC(=O)OC(C)(C)C)c(c2)-c2cc(ccc2OCCNC(=O)OC(C)(C)C)[C@H](N(C)C(=O)[C@H](CCCNC(=O)OC(C)(C)C)NC(=O)c2ccc(-c3ccc(C)cc3)cc2)C(=O)N[C@@H](C)C(=O)N1)C(=O)OCC. The molecule has 0 fully saturated rings. The molecular formula is C64H84N8O15. The predicted molar refractivity (Wildman–Crippen MR) is 325 cm³/mol. The zero-order chi connectivity index (χ0) is 64.4. The summed E-state index contributed by atoms with van der Waals surface area (Å²) in [5.41, 5.74) is 1.53. The average molecular weight is 1210 g/mol. The van der Waals surface area contributed by atoms with Crippen molar-refractivity contribution in [3.05, 3.63) is 119 Å². The second-order valence-electron chi connectivity index (χ2n) is 23.7. The van der Waals surface area contributed by atoms with E-state index in [4.69, 9.17) is 28.4 Å². The van der Waals surface area contributed by atoms with Crippen LogP contribution >= 0.6 is 0 Å². The lowest BCUT2D eigenvalue weighted by molar-refractivity contribution is -0.141. The number of ether oxygens (including phenoxy) is 6. The number of esters is 1. The highest BCUT2D eigenvalue weighted by Crippen LogP contribution is 2.40. The fraction of sp³-hybridized carbons (Fsp3) is 0.453. The fourth-order valence-corrected chi connectivity index (χ4v) is 8.75. The molecule has 1 aliphatic rings. The molecule has 87 heavy (non-hydrogen) atoms. The highest BCUT2D eigenvalue weighted by atomic mass is 16.6. The summed E-state index contributed by atoms with van der Waals surface area (Å²) in [6.07, 6.45) is -2.16. The number of nitrogens with zero attached hydrogens (tertiary/aromatic N) is 1. The minimum atomic E-state index is -1.58. The van der Waals surface area contributed by atoms with Crippen LogP contribution in [0.15, 0.2) is 97.2 Å². The normalized spacial score (nSPS) is 15.5. The van der Waals surface area contributed by atoms with Gasteiger partial charge in [-0.05, 0) is 155 Å². The Labute approximate surface area is 508 Å². The number of likely N-dealkylation sites (N-methyl/N-ethyl adjacent to an activating group) is 1. The molecule has 0 spiro atoms. The number of benzene rings is 4. The van der Waals surface area contributed by atoms with Crippen LogP contribution in [0.5, 0.6) is 11.5 Å². The van der Waals surface area contributed by atoms with Gasteiger partial charge in [-0.2, -0.15) is 0 Å². The number of fused-ring (bicyclic) bond motifs is 5. The Bertz CT molecular complexity index is 3130. The van der Waals surface area contributed by atoms with E-state index in [1.165, 1.54) is 14.0 Å². The quantitative estimate of drug-likeness (QED) is 0.0184. The molecule has 0 radical (unpaired) electrons. The first-order valence-corrected chi connectivity index (χ1v) is 28.8. The van der Waals surface area contributed by atoms with Crippen LogP contribution < -0.4 is 46.7 Å².